The fourth-order valence-electron chi connectivity index (χ4n) is 8.78. The third-order valence-corrected chi connectivity index (χ3v) is 18.5. The van der Waals surface area contributed by atoms with Crippen molar-refractivity contribution in [1.29, 1.82) is 0 Å². The Labute approximate surface area is 375 Å². The van der Waals surface area contributed by atoms with Crippen LogP contribution in [0, 0.1) is 33.1 Å². The standard InChI is InChI=1S/C49H45N4O9PS/c1-34-18-12-15-27-41(34)45(64)30-44-46(35(2)50-48(55)61-31-36-19-13-16-28-42(36)52(57)58)47(54)51(44)33-63(38-21-6-3-7-22-38,39-23-8-4-9-24-39,40-25-10-5-11-26-40)49(56)62-32-37-20-14-17-29-43(37)53(59)60/h3-29,35,44,46H,30-33H2,1-2H3,(H,50,55). The monoisotopic (exact) mass is 896 g/mol. The molecule has 2 amide bonds. The van der Waals surface area contributed by atoms with Crippen LogP contribution in [0.2, 0.25) is 0 Å². The summed E-state index contributed by atoms with van der Waals surface area (Å²) >= 11 is 6.12. The van der Waals surface area contributed by atoms with E-state index in [2.05, 4.69) is 5.32 Å². The molecule has 1 N–H and O–H groups in total. The van der Waals surface area contributed by atoms with Gasteiger partial charge in [-0.05, 0) is 0 Å². The molecule has 13 nitrogen and oxygen atoms in total. The van der Waals surface area contributed by atoms with Crippen molar-refractivity contribution in [2.75, 3.05) is 6.29 Å². The Hall–Kier alpha value is -7.15. The number of hydrogen-bond acceptors (Lipinski definition) is 10. The van der Waals surface area contributed by atoms with Crippen LogP contribution < -0.4 is 21.2 Å². The number of ether oxygens (including phenoxy) is 2. The molecule has 1 aliphatic heterocycles. The SMILES string of the molecule is Cc1ccccc1C(=S)CC1C(C(C)NC(=O)OCc2ccccc2[N+](=O)[O-])C(=O)N1CP(C(=O)OCc1ccccc1[N+](=O)[O-])(c1ccccc1)(c1ccccc1)c1ccccc1. The zero-order valence-corrected chi connectivity index (χ0v) is 36.7. The summed E-state index contributed by atoms with van der Waals surface area (Å²) in [4.78, 5) is 69.4. The minimum absolute atomic E-state index is 0.176. The van der Waals surface area contributed by atoms with Crippen LogP contribution in [0.1, 0.15) is 35.6 Å². The van der Waals surface area contributed by atoms with Crippen LogP contribution in [0.4, 0.5) is 21.0 Å². The number of aryl methyl sites for hydroxylation is 1. The van der Waals surface area contributed by atoms with Gasteiger partial charge in [-0.2, -0.15) is 0 Å². The fraction of sp³-hybridized carbons (Fsp3) is 0.184. The number of hydrogen-bond donors (Lipinski definition) is 1. The maximum absolute atomic E-state index is 16.0. The zero-order chi connectivity index (χ0) is 45.5. The Kier molecular flexibility index (Phi) is 13.4. The molecule has 1 fully saturated rings. The number of carbonyl (C=O) groups is 3. The first kappa shape index (κ1) is 44.9. The van der Waals surface area contributed by atoms with Gasteiger partial charge in [-0.1, -0.05) is 6.07 Å². The number of thiocarbonyl (C=S) groups is 1. The maximum atomic E-state index is 16.0. The van der Waals surface area contributed by atoms with Gasteiger partial charge >= 0.3 is 360 Å². The van der Waals surface area contributed by atoms with Crippen molar-refractivity contribution in [3.8, 4) is 0 Å². The average molecular weight is 897 g/mol. The molecule has 3 atom stereocenters. The van der Waals surface area contributed by atoms with Gasteiger partial charge in [0, 0.05) is 0 Å². The number of benzene rings is 6. The Morgan fingerprint density at radius 1 is 0.688 bits per heavy atom. The fourth-order valence-corrected chi connectivity index (χ4v) is 15.1. The third kappa shape index (κ3) is 8.37. The second-order valence-corrected chi connectivity index (χ2v) is 20.9. The van der Waals surface area contributed by atoms with Crippen LogP contribution in [-0.4, -0.2) is 55.7 Å². The van der Waals surface area contributed by atoms with Crippen LogP contribution in [0.3, 0.4) is 0 Å². The van der Waals surface area contributed by atoms with E-state index in [1.54, 1.807) is 36.1 Å². The molecule has 0 aliphatic carbocycles. The van der Waals surface area contributed by atoms with Crippen molar-refractivity contribution >= 4 is 68.7 Å². The Bertz CT molecular complexity index is 2620. The summed E-state index contributed by atoms with van der Waals surface area (Å²) in [6.07, 6.45) is -0.873. The molecule has 1 heterocycles. The molecule has 64 heavy (non-hydrogen) atoms. The molecule has 326 valence electrons. The first-order valence-corrected chi connectivity index (χ1v) is 23.3. The molecule has 6 aromatic rings. The van der Waals surface area contributed by atoms with Crippen molar-refractivity contribution in [3.05, 3.63) is 206 Å². The van der Waals surface area contributed by atoms with Crippen molar-refractivity contribution in [2.45, 2.75) is 45.6 Å². The Balaban J connectivity index is 1.34. The average Bonchev–Trinajstić information content (AvgIpc) is 3.31. The molecule has 7 rings (SSSR count). The zero-order valence-electron chi connectivity index (χ0n) is 35.0. The second-order valence-electron chi connectivity index (χ2n) is 15.6. The summed E-state index contributed by atoms with van der Waals surface area (Å²) in [7, 11) is 0. The molecule has 0 radical (unpaired) electrons. The summed E-state index contributed by atoms with van der Waals surface area (Å²) in [6, 6.07) is 45.7. The Morgan fingerprint density at radius 2 is 1.12 bits per heavy atom. The molecule has 6 aromatic carbocycles. The van der Waals surface area contributed by atoms with E-state index >= 15 is 9.59 Å². The third-order valence-electron chi connectivity index (χ3n) is 12.0. The van der Waals surface area contributed by atoms with Crippen molar-refractivity contribution in [3.63, 3.8) is 0 Å². The van der Waals surface area contributed by atoms with Crippen molar-refractivity contribution < 1.29 is 33.7 Å². The number of nitro groups is 2. The number of rotatable bonds is 17. The van der Waals surface area contributed by atoms with Gasteiger partial charge < -0.3 is 0 Å². The number of amides is 2. The molecular formula is C49H45N4O9PS. The van der Waals surface area contributed by atoms with E-state index < -0.39 is 52.9 Å². The first-order chi connectivity index (χ1) is 30.9. The molecule has 0 aromatic heterocycles. The van der Waals surface area contributed by atoms with Gasteiger partial charge in [0.1, 0.15) is 0 Å². The van der Waals surface area contributed by atoms with Crippen LogP contribution in [0.15, 0.2) is 164 Å². The predicted octanol–water partition coefficient (Wildman–Crippen LogP) is 8.89. The first-order valence-electron chi connectivity index (χ1n) is 20.5. The van der Waals surface area contributed by atoms with Gasteiger partial charge in [0.05, 0.1) is 0 Å². The molecule has 0 saturated carbocycles. The van der Waals surface area contributed by atoms with Gasteiger partial charge in [-0.25, -0.2) is 0 Å². The van der Waals surface area contributed by atoms with E-state index in [4.69, 9.17) is 21.7 Å². The molecule has 1 saturated heterocycles. The van der Waals surface area contributed by atoms with Crippen LogP contribution in [0.5, 0.6) is 0 Å². The number of nitro benzene ring substituents is 2. The summed E-state index contributed by atoms with van der Waals surface area (Å²) in [5.41, 5.74) is 1.08. The normalized spacial score (nSPS) is 15.7. The molecule has 15 heteroatoms. The number of β-lactam (4-membered cyclic amide) rings is 1. The Morgan fingerprint density at radius 3 is 1.61 bits per heavy atom. The summed E-state index contributed by atoms with van der Waals surface area (Å²) in [6.45, 7) is -1.96. The van der Waals surface area contributed by atoms with E-state index in [1.807, 2.05) is 122 Å². The molecule has 0 bridgehead atoms. The second kappa shape index (κ2) is 19.1. The van der Waals surface area contributed by atoms with E-state index in [1.165, 1.54) is 24.3 Å². The summed E-state index contributed by atoms with van der Waals surface area (Å²) in [5, 5.41) is 28.3. The van der Waals surface area contributed by atoms with E-state index in [9.17, 15) is 25.0 Å². The van der Waals surface area contributed by atoms with Crippen molar-refractivity contribution in [1.82, 2.24) is 10.2 Å². The van der Waals surface area contributed by atoms with Crippen LogP contribution >= 0.6 is 18.8 Å². The van der Waals surface area contributed by atoms with Gasteiger partial charge in [0.25, 0.3) is 0 Å². The summed E-state index contributed by atoms with van der Waals surface area (Å²) in [5.74, 6) is -1.22. The molecule has 1 aliphatic rings. The number of likely N-dealkylation sites (tertiary alicyclic amines) is 1. The quantitative estimate of drug-likeness (QED) is 0.0233. The number of para-hydroxylation sites is 2. The van der Waals surface area contributed by atoms with E-state index in [0.717, 1.165) is 11.1 Å². The summed E-state index contributed by atoms with van der Waals surface area (Å²) < 4.78 is 11.9. The van der Waals surface area contributed by atoms with Gasteiger partial charge in [0.15, 0.2) is 0 Å². The number of nitrogens with one attached hydrogen (secondary N) is 1. The van der Waals surface area contributed by atoms with E-state index in [0.29, 0.717) is 20.8 Å². The van der Waals surface area contributed by atoms with Gasteiger partial charge in [-0.3, -0.25) is 10.1 Å². The van der Waals surface area contributed by atoms with Crippen molar-refractivity contribution in [2.24, 2.45) is 5.92 Å². The van der Waals surface area contributed by atoms with E-state index in [-0.39, 0.29) is 47.7 Å². The topological polar surface area (TPSA) is 171 Å². The van der Waals surface area contributed by atoms with Crippen LogP contribution in [0.25, 0.3) is 0 Å². The molecule has 0 spiro atoms. The number of alkyl carbamates (subject to hydrolysis) is 1. The number of nitrogens with zero attached hydrogens (tertiary/aromatic N) is 3. The predicted molar refractivity (Wildman–Crippen MR) is 251 cm³/mol. The van der Waals surface area contributed by atoms with Gasteiger partial charge in [-0.15, -0.1) is 0 Å². The van der Waals surface area contributed by atoms with Gasteiger partial charge in [0.2, 0.25) is 0 Å². The number of carbonyl (C=O) groups excluding carboxylic acids is 3. The minimum atomic E-state index is -4.78. The molecule has 3 unspecified atom stereocenters. The van der Waals surface area contributed by atoms with Crippen LogP contribution in [-0.2, 0) is 27.5 Å². The molecular weight excluding hydrogens is 852 g/mol.